The highest BCUT2D eigenvalue weighted by molar-refractivity contribution is 5.58. The second-order valence-corrected chi connectivity index (χ2v) is 4.37. The summed E-state index contributed by atoms with van der Waals surface area (Å²) in [5.74, 6) is 0.536. The molecule has 0 saturated carbocycles. The van der Waals surface area contributed by atoms with Gasteiger partial charge in [0.1, 0.15) is 5.69 Å². The molecule has 1 aromatic carbocycles. The molecule has 0 aliphatic carbocycles. The quantitative estimate of drug-likeness (QED) is 0.876. The number of hydrogen-bond acceptors (Lipinski definition) is 3. The van der Waals surface area contributed by atoms with Crippen LogP contribution in [-0.4, -0.2) is 26.7 Å². The third kappa shape index (κ3) is 2.71. The number of aromatic nitrogens is 3. The largest absolute Gasteiger partial charge is 0.394 e. The second-order valence-electron chi connectivity index (χ2n) is 4.37. The van der Waals surface area contributed by atoms with Crippen LogP contribution in [0.3, 0.4) is 0 Å². The van der Waals surface area contributed by atoms with Crippen molar-refractivity contribution in [2.45, 2.75) is 26.3 Å². The molecule has 90 valence electrons. The van der Waals surface area contributed by atoms with Crippen molar-refractivity contribution < 1.29 is 5.11 Å². The van der Waals surface area contributed by atoms with Crippen molar-refractivity contribution in [2.24, 2.45) is 0 Å². The van der Waals surface area contributed by atoms with Crippen LogP contribution in [0.4, 0.5) is 0 Å². The average Bonchev–Trinajstić information content (AvgIpc) is 2.78. The van der Waals surface area contributed by atoms with Gasteiger partial charge in [0.15, 0.2) is 0 Å². The van der Waals surface area contributed by atoms with Crippen LogP contribution in [-0.2, 0) is 6.54 Å². The minimum atomic E-state index is 0.0785. The Bertz CT molecular complexity index is 474. The summed E-state index contributed by atoms with van der Waals surface area (Å²) in [7, 11) is 0. The SMILES string of the molecule is CC(C)c1ccc(-c2cn(CCO)nn2)cc1. The van der Waals surface area contributed by atoms with Crippen LogP contribution in [0.2, 0.25) is 0 Å². The first-order valence-corrected chi connectivity index (χ1v) is 5.82. The van der Waals surface area contributed by atoms with Crippen molar-refractivity contribution in [1.82, 2.24) is 15.0 Å². The summed E-state index contributed by atoms with van der Waals surface area (Å²) >= 11 is 0. The number of rotatable bonds is 4. The lowest BCUT2D eigenvalue weighted by Crippen LogP contribution is -2.01. The highest BCUT2D eigenvalue weighted by Crippen LogP contribution is 2.20. The maximum absolute atomic E-state index is 8.81. The molecule has 0 unspecified atom stereocenters. The maximum Gasteiger partial charge on any atom is 0.113 e. The summed E-state index contributed by atoms with van der Waals surface area (Å²) in [6.07, 6.45) is 1.85. The summed E-state index contributed by atoms with van der Waals surface area (Å²) in [5, 5.41) is 16.8. The van der Waals surface area contributed by atoms with Gasteiger partial charge in [-0.1, -0.05) is 43.3 Å². The molecule has 4 heteroatoms. The molecule has 0 spiro atoms. The van der Waals surface area contributed by atoms with Gasteiger partial charge in [0, 0.05) is 5.56 Å². The zero-order valence-corrected chi connectivity index (χ0v) is 10.2. The molecule has 0 atom stereocenters. The van der Waals surface area contributed by atoms with Gasteiger partial charge in [-0.15, -0.1) is 5.10 Å². The minimum Gasteiger partial charge on any atom is -0.394 e. The fraction of sp³-hybridized carbons (Fsp3) is 0.385. The van der Waals surface area contributed by atoms with Gasteiger partial charge in [0.2, 0.25) is 0 Å². The first-order valence-electron chi connectivity index (χ1n) is 5.82. The fourth-order valence-corrected chi connectivity index (χ4v) is 1.68. The van der Waals surface area contributed by atoms with E-state index in [4.69, 9.17) is 5.11 Å². The monoisotopic (exact) mass is 231 g/mol. The molecule has 4 nitrogen and oxygen atoms in total. The molecule has 1 aromatic heterocycles. The van der Waals surface area contributed by atoms with E-state index in [-0.39, 0.29) is 6.61 Å². The van der Waals surface area contributed by atoms with Crippen molar-refractivity contribution in [3.63, 3.8) is 0 Å². The van der Waals surface area contributed by atoms with Crippen LogP contribution in [0, 0.1) is 0 Å². The summed E-state index contributed by atoms with van der Waals surface area (Å²) in [6, 6.07) is 8.35. The van der Waals surface area contributed by atoms with Gasteiger partial charge >= 0.3 is 0 Å². The van der Waals surface area contributed by atoms with E-state index < -0.39 is 0 Å². The molecule has 0 fully saturated rings. The van der Waals surface area contributed by atoms with Crippen molar-refractivity contribution in [2.75, 3.05) is 6.61 Å². The molecule has 1 heterocycles. The maximum atomic E-state index is 8.81. The Kier molecular flexibility index (Phi) is 3.54. The topological polar surface area (TPSA) is 50.9 Å². The zero-order chi connectivity index (χ0) is 12.3. The summed E-state index contributed by atoms with van der Waals surface area (Å²) in [4.78, 5) is 0. The van der Waals surface area contributed by atoms with Crippen molar-refractivity contribution in [3.05, 3.63) is 36.0 Å². The van der Waals surface area contributed by atoms with Gasteiger partial charge in [-0.2, -0.15) is 0 Å². The van der Waals surface area contributed by atoms with Gasteiger partial charge in [-0.05, 0) is 11.5 Å². The van der Waals surface area contributed by atoms with Crippen molar-refractivity contribution >= 4 is 0 Å². The van der Waals surface area contributed by atoms with E-state index >= 15 is 0 Å². The van der Waals surface area contributed by atoms with E-state index in [1.54, 1.807) is 4.68 Å². The Hall–Kier alpha value is -1.68. The Labute approximate surface area is 101 Å². The van der Waals surface area contributed by atoms with Crippen LogP contribution in [0.5, 0.6) is 0 Å². The van der Waals surface area contributed by atoms with E-state index in [1.807, 2.05) is 6.20 Å². The van der Waals surface area contributed by atoms with E-state index in [1.165, 1.54) is 5.56 Å². The third-order valence-electron chi connectivity index (χ3n) is 2.74. The smallest absolute Gasteiger partial charge is 0.113 e. The highest BCUT2D eigenvalue weighted by Gasteiger charge is 2.04. The molecule has 2 rings (SSSR count). The number of aliphatic hydroxyl groups excluding tert-OH is 1. The summed E-state index contributed by atoms with van der Waals surface area (Å²) in [5.41, 5.74) is 3.21. The molecule has 2 aromatic rings. The zero-order valence-electron chi connectivity index (χ0n) is 10.2. The lowest BCUT2D eigenvalue weighted by molar-refractivity contribution is 0.268. The van der Waals surface area contributed by atoms with Gasteiger partial charge in [0.25, 0.3) is 0 Å². The number of hydrogen-bond donors (Lipinski definition) is 1. The molecular weight excluding hydrogens is 214 g/mol. The lowest BCUT2D eigenvalue weighted by atomic mass is 10.0. The standard InChI is InChI=1S/C13H17N3O/c1-10(2)11-3-5-12(6-4-11)13-9-16(7-8-17)15-14-13/h3-6,9-10,17H,7-8H2,1-2H3. The van der Waals surface area contributed by atoms with Gasteiger partial charge in [0.05, 0.1) is 19.3 Å². The number of benzene rings is 1. The molecule has 0 saturated heterocycles. The van der Waals surface area contributed by atoms with E-state index in [0.29, 0.717) is 12.5 Å². The molecule has 0 aliphatic rings. The predicted octanol–water partition coefficient (Wildman–Crippen LogP) is 2.06. The van der Waals surface area contributed by atoms with Crippen LogP contribution in [0.1, 0.15) is 25.3 Å². The predicted molar refractivity (Wildman–Crippen MR) is 66.6 cm³/mol. The minimum absolute atomic E-state index is 0.0785. The molecule has 0 radical (unpaired) electrons. The number of aliphatic hydroxyl groups is 1. The van der Waals surface area contributed by atoms with E-state index in [9.17, 15) is 0 Å². The molecular formula is C13H17N3O. The van der Waals surface area contributed by atoms with Gasteiger partial charge in [-0.25, -0.2) is 4.68 Å². The normalized spacial score (nSPS) is 11.1. The Balaban J connectivity index is 2.21. The second kappa shape index (κ2) is 5.10. The van der Waals surface area contributed by atoms with Crippen LogP contribution in [0.15, 0.2) is 30.5 Å². The summed E-state index contributed by atoms with van der Waals surface area (Å²) < 4.78 is 1.64. The van der Waals surface area contributed by atoms with Crippen molar-refractivity contribution in [3.8, 4) is 11.3 Å². The van der Waals surface area contributed by atoms with Gasteiger partial charge in [-0.3, -0.25) is 0 Å². The molecule has 0 aliphatic heterocycles. The fourth-order valence-electron chi connectivity index (χ4n) is 1.68. The lowest BCUT2D eigenvalue weighted by Gasteiger charge is -2.04. The molecule has 1 N–H and O–H groups in total. The van der Waals surface area contributed by atoms with Crippen LogP contribution >= 0.6 is 0 Å². The Morgan fingerprint density at radius 1 is 1.24 bits per heavy atom. The molecule has 0 amide bonds. The Morgan fingerprint density at radius 3 is 2.53 bits per heavy atom. The van der Waals surface area contributed by atoms with E-state index in [0.717, 1.165) is 11.3 Å². The summed E-state index contributed by atoms with van der Waals surface area (Å²) in [6.45, 7) is 4.91. The van der Waals surface area contributed by atoms with Crippen LogP contribution in [0.25, 0.3) is 11.3 Å². The van der Waals surface area contributed by atoms with Crippen molar-refractivity contribution in [1.29, 1.82) is 0 Å². The number of nitrogens with zero attached hydrogens (tertiary/aromatic N) is 3. The first kappa shape index (κ1) is 11.8. The third-order valence-corrected chi connectivity index (χ3v) is 2.74. The van der Waals surface area contributed by atoms with Gasteiger partial charge < -0.3 is 5.11 Å². The average molecular weight is 231 g/mol. The van der Waals surface area contributed by atoms with Crippen LogP contribution < -0.4 is 0 Å². The highest BCUT2D eigenvalue weighted by atomic mass is 16.3. The molecule has 17 heavy (non-hydrogen) atoms. The first-order chi connectivity index (χ1) is 8.20. The van der Waals surface area contributed by atoms with E-state index in [2.05, 4.69) is 48.4 Å². The molecule has 0 bridgehead atoms. The Morgan fingerprint density at radius 2 is 1.94 bits per heavy atom.